The number of aromatic nitrogens is 7. The minimum absolute atomic E-state index is 0.161. The van der Waals surface area contributed by atoms with Crippen molar-refractivity contribution in [3.63, 3.8) is 0 Å². The van der Waals surface area contributed by atoms with Gasteiger partial charge in [-0.25, -0.2) is 9.97 Å². The summed E-state index contributed by atoms with van der Waals surface area (Å²) < 4.78 is 3.62. The van der Waals surface area contributed by atoms with Crippen LogP contribution in [0.15, 0.2) is 37.4 Å². The number of nitrogens with two attached hydrogens (primary N) is 1. The first-order valence-corrected chi connectivity index (χ1v) is 6.01. The molecule has 0 fully saturated rings. The molecule has 3 heterocycles. The van der Waals surface area contributed by atoms with Crippen LogP contribution in [0.3, 0.4) is 0 Å². The minimum Gasteiger partial charge on any atom is -0.368 e. The molecule has 0 unspecified atom stereocenters. The third-order valence-electron chi connectivity index (χ3n) is 2.59. The highest BCUT2D eigenvalue weighted by Crippen LogP contribution is 2.06. The van der Waals surface area contributed by atoms with Gasteiger partial charge in [0.05, 0.1) is 6.33 Å². The lowest BCUT2D eigenvalue weighted by Gasteiger charge is -2.07. The van der Waals surface area contributed by atoms with Gasteiger partial charge in [-0.2, -0.15) is 15.0 Å². The quantitative estimate of drug-likeness (QED) is 0.668. The zero-order chi connectivity index (χ0) is 13.8. The molecule has 0 spiro atoms. The van der Waals surface area contributed by atoms with Gasteiger partial charge in [0, 0.05) is 37.9 Å². The van der Waals surface area contributed by atoms with Crippen LogP contribution in [0.4, 0.5) is 11.9 Å². The molecule has 3 aromatic heterocycles. The van der Waals surface area contributed by atoms with E-state index >= 15 is 0 Å². The van der Waals surface area contributed by atoms with Crippen LogP contribution in [0.1, 0.15) is 0 Å². The maximum Gasteiger partial charge on any atom is 0.241 e. The van der Waals surface area contributed by atoms with E-state index in [9.17, 15) is 0 Å². The van der Waals surface area contributed by atoms with Gasteiger partial charge in [0.2, 0.25) is 17.8 Å². The number of imidazole rings is 2. The molecule has 0 aromatic carbocycles. The van der Waals surface area contributed by atoms with Gasteiger partial charge in [-0.1, -0.05) is 0 Å². The van der Waals surface area contributed by atoms with Crippen LogP contribution < -0.4 is 11.1 Å². The molecule has 20 heavy (non-hydrogen) atoms. The third kappa shape index (κ3) is 2.71. The normalized spacial score (nSPS) is 10.6. The highest BCUT2D eigenvalue weighted by atomic mass is 15.3. The maximum absolute atomic E-state index is 5.68. The molecule has 0 aliphatic rings. The second kappa shape index (κ2) is 5.34. The fourth-order valence-electron chi connectivity index (χ4n) is 1.67. The molecule has 9 heteroatoms. The molecule has 102 valence electrons. The lowest BCUT2D eigenvalue weighted by atomic mass is 10.6. The van der Waals surface area contributed by atoms with Gasteiger partial charge in [-0.05, 0) is 0 Å². The van der Waals surface area contributed by atoms with Crippen molar-refractivity contribution in [1.29, 1.82) is 0 Å². The van der Waals surface area contributed by atoms with Crippen LogP contribution >= 0.6 is 0 Å². The van der Waals surface area contributed by atoms with Gasteiger partial charge in [0.25, 0.3) is 0 Å². The van der Waals surface area contributed by atoms with Crippen LogP contribution in [0.2, 0.25) is 0 Å². The summed E-state index contributed by atoms with van der Waals surface area (Å²) in [5.74, 6) is 1.02. The van der Waals surface area contributed by atoms with Crippen LogP contribution in [0, 0.1) is 0 Å². The smallest absolute Gasteiger partial charge is 0.241 e. The molecular weight excluding hydrogens is 258 g/mol. The second-order valence-electron chi connectivity index (χ2n) is 4.01. The summed E-state index contributed by atoms with van der Waals surface area (Å²) >= 11 is 0. The number of nitrogens with one attached hydrogen (secondary N) is 1. The first-order valence-electron chi connectivity index (χ1n) is 6.01. The molecule has 3 rings (SSSR count). The molecule has 3 aromatic rings. The Balaban J connectivity index is 1.70. The Morgan fingerprint density at radius 3 is 2.65 bits per heavy atom. The number of nitrogens with zero attached hydrogens (tertiary/aromatic N) is 7. The van der Waals surface area contributed by atoms with Crippen LogP contribution in [-0.4, -0.2) is 40.6 Å². The van der Waals surface area contributed by atoms with Gasteiger partial charge in [0.1, 0.15) is 6.33 Å². The van der Waals surface area contributed by atoms with E-state index in [1.54, 1.807) is 35.8 Å². The summed E-state index contributed by atoms with van der Waals surface area (Å²) in [6.07, 6.45) is 10.4. The Morgan fingerprint density at radius 2 is 1.90 bits per heavy atom. The molecule has 0 amide bonds. The van der Waals surface area contributed by atoms with Crippen molar-refractivity contribution in [3.05, 3.63) is 37.4 Å². The predicted octanol–water partition coefficient (Wildman–Crippen LogP) is -0.0519. The van der Waals surface area contributed by atoms with Crippen molar-refractivity contribution in [2.24, 2.45) is 0 Å². The van der Waals surface area contributed by atoms with E-state index in [0.29, 0.717) is 18.4 Å². The SMILES string of the molecule is Nc1nc(NCCn2ccnc2)nc(-n2ccnc2)n1. The minimum atomic E-state index is 0.161. The molecule has 0 saturated carbocycles. The number of nitrogen functional groups attached to an aromatic ring is 1. The summed E-state index contributed by atoms with van der Waals surface area (Å²) in [5, 5.41) is 3.10. The van der Waals surface area contributed by atoms with Crippen LogP contribution in [0.5, 0.6) is 0 Å². The van der Waals surface area contributed by atoms with Crippen molar-refractivity contribution >= 4 is 11.9 Å². The summed E-state index contributed by atoms with van der Waals surface area (Å²) in [6, 6.07) is 0. The van der Waals surface area contributed by atoms with Crippen molar-refractivity contribution in [1.82, 2.24) is 34.1 Å². The Morgan fingerprint density at radius 1 is 1.05 bits per heavy atom. The van der Waals surface area contributed by atoms with E-state index in [-0.39, 0.29) is 5.95 Å². The fourth-order valence-corrected chi connectivity index (χ4v) is 1.67. The summed E-state index contributed by atoms with van der Waals surface area (Å²) in [7, 11) is 0. The van der Waals surface area contributed by atoms with Crippen molar-refractivity contribution in [3.8, 4) is 5.95 Å². The number of anilines is 2. The van der Waals surface area contributed by atoms with E-state index < -0.39 is 0 Å². The van der Waals surface area contributed by atoms with Gasteiger partial charge >= 0.3 is 0 Å². The van der Waals surface area contributed by atoms with Gasteiger partial charge in [0.15, 0.2) is 0 Å². The third-order valence-corrected chi connectivity index (χ3v) is 2.59. The molecule has 0 atom stereocenters. The Kier molecular flexibility index (Phi) is 3.23. The molecule has 3 N–H and O–H groups in total. The molecule has 0 aliphatic heterocycles. The zero-order valence-corrected chi connectivity index (χ0v) is 10.6. The highest BCUT2D eigenvalue weighted by Gasteiger charge is 2.05. The average molecular weight is 271 g/mol. The predicted molar refractivity (Wildman–Crippen MR) is 72.1 cm³/mol. The monoisotopic (exact) mass is 271 g/mol. The van der Waals surface area contributed by atoms with Gasteiger partial charge in [-0.15, -0.1) is 0 Å². The Bertz CT molecular complexity index is 659. The van der Waals surface area contributed by atoms with E-state index in [1.807, 2.05) is 10.8 Å². The van der Waals surface area contributed by atoms with E-state index in [1.165, 1.54) is 0 Å². The van der Waals surface area contributed by atoms with E-state index in [0.717, 1.165) is 6.54 Å². The van der Waals surface area contributed by atoms with Crippen molar-refractivity contribution < 1.29 is 0 Å². The molecular formula is C11H13N9. The summed E-state index contributed by atoms with van der Waals surface area (Å²) in [6.45, 7) is 1.41. The largest absolute Gasteiger partial charge is 0.368 e. The van der Waals surface area contributed by atoms with Gasteiger partial charge in [-0.3, -0.25) is 4.57 Å². The first kappa shape index (κ1) is 12.1. The standard InChI is InChI=1S/C11H13N9/c12-9-16-10(15-3-5-19-4-1-13-7-19)18-11(17-9)20-6-2-14-8-20/h1-2,4,6-8H,3,5H2,(H3,12,15,16,17,18). The number of hydrogen-bond acceptors (Lipinski definition) is 7. The average Bonchev–Trinajstić information content (AvgIpc) is 3.11. The molecule has 0 bridgehead atoms. The topological polar surface area (TPSA) is 112 Å². The van der Waals surface area contributed by atoms with E-state index in [2.05, 4.69) is 30.2 Å². The fraction of sp³-hybridized carbons (Fsp3) is 0.182. The van der Waals surface area contributed by atoms with Crippen LogP contribution in [0.25, 0.3) is 5.95 Å². The lowest BCUT2D eigenvalue weighted by Crippen LogP contribution is -2.14. The number of rotatable bonds is 5. The zero-order valence-electron chi connectivity index (χ0n) is 10.6. The second-order valence-corrected chi connectivity index (χ2v) is 4.01. The Hall–Kier alpha value is -2.97. The Labute approximate surface area is 114 Å². The van der Waals surface area contributed by atoms with Gasteiger partial charge < -0.3 is 15.6 Å². The molecule has 0 aliphatic carbocycles. The maximum atomic E-state index is 5.68. The van der Waals surface area contributed by atoms with E-state index in [4.69, 9.17) is 5.73 Å². The first-order chi connectivity index (χ1) is 9.81. The lowest BCUT2D eigenvalue weighted by molar-refractivity contribution is 0.722. The molecule has 0 saturated heterocycles. The van der Waals surface area contributed by atoms with Crippen molar-refractivity contribution in [2.75, 3.05) is 17.6 Å². The summed E-state index contributed by atoms with van der Waals surface area (Å²) in [5.41, 5.74) is 5.68. The van der Waals surface area contributed by atoms with Crippen LogP contribution in [-0.2, 0) is 6.54 Å². The summed E-state index contributed by atoms with van der Waals surface area (Å²) in [4.78, 5) is 20.3. The number of hydrogen-bond donors (Lipinski definition) is 2. The molecule has 0 radical (unpaired) electrons. The highest BCUT2D eigenvalue weighted by molar-refractivity contribution is 5.34. The van der Waals surface area contributed by atoms with Crippen molar-refractivity contribution in [2.45, 2.75) is 6.54 Å². The molecule has 9 nitrogen and oxygen atoms in total.